The minimum atomic E-state index is -0.452. The van der Waals surface area contributed by atoms with Crippen molar-refractivity contribution in [1.29, 1.82) is 0 Å². The van der Waals surface area contributed by atoms with Gasteiger partial charge in [-0.2, -0.15) is 0 Å². The molecule has 1 unspecified atom stereocenters. The van der Waals surface area contributed by atoms with Crippen molar-refractivity contribution in [2.45, 2.75) is 5.56 Å². The normalized spacial score (nSPS) is 23.0. The van der Waals surface area contributed by atoms with Gasteiger partial charge < -0.3 is 19.7 Å². The molecular weight excluding hydrogens is 275 g/mol. The SMILES string of the molecule is Clc1cc2c(c(N3CCNCC3)c1)OCC(Cl)O2. The van der Waals surface area contributed by atoms with Gasteiger partial charge in [0.1, 0.15) is 6.61 Å². The van der Waals surface area contributed by atoms with Gasteiger partial charge in [-0.3, -0.25) is 0 Å². The maximum Gasteiger partial charge on any atom is 0.206 e. The molecule has 1 atom stereocenters. The Bertz CT molecular complexity index is 450. The van der Waals surface area contributed by atoms with Crippen LogP contribution in [-0.4, -0.2) is 38.3 Å². The van der Waals surface area contributed by atoms with Gasteiger partial charge in [0.05, 0.1) is 5.69 Å². The van der Waals surface area contributed by atoms with Gasteiger partial charge in [0.2, 0.25) is 5.56 Å². The highest BCUT2D eigenvalue weighted by Gasteiger charge is 2.25. The molecule has 2 heterocycles. The van der Waals surface area contributed by atoms with E-state index in [4.69, 9.17) is 32.7 Å². The average molecular weight is 289 g/mol. The lowest BCUT2D eigenvalue weighted by atomic mass is 10.2. The first-order valence-electron chi connectivity index (χ1n) is 5.97. The fourth-order valence-electron chi connectivity index (χ4n) is 2.25. The van der Waals surface area contributed by atoms with Gasteiger partial charge >= 0.3 is 0 Å². The second kappa shape index (κ2) is 5.03. The van der Waals surface area contributed by atoms with Crippen LogP contribution in [0.15, 0.2) is 12.1 Å². The van der Waals surface area contributed by atoms with Crippen molar-refractivity contribution in [3.05, 3.63) is 17.2 Å². The zero-order valence-electron chi connectivity index (χ0n) is 9.79. The predicted octanol–water partition coefficient (Wildman–Crippen LogP) is 2.09. The summed E-state index contributed by atoms with van der Waals surface area (Å²) >= 11 is 12.0. The first kappa shape index (κ1) is 12.2. The number of piperazine rings is 1. The maximum atomic E-state index is 6.13. The van der Waals surface area contributed by atoms with E-state index in [1.54, 1.807) is 6.07 Å². The van der Waals surface area contributed by atoms with Gasteiger partial charge in [0.15, 0.2) is 11.5 Å². The number of nitrogens with one attached hydrogen (secondary N) is 1. The number of halogens is 2. The highest BCUT2D eigenvalue weighted by atomic mass is 35.5. The first-order valence-corrected chi connectivity index (χ1v) is 6.78. The van der Waals surface area contributed by atoms with Gasteiger partial charge in [-0.05, 0) is 6.07 Å². The molecule has 1 saturated heterocycles. The topological polar surface area (TPSA) is 33.7 Å². The molecule has 0 saturated carbocycles. The molecule has 2 aliphatic rings. The Morgan fingerprint density at radius 2 is 2.06 bits per heavy atom. The van der Waals surface area contributed by atoms with E-state index in [1.807, 2.05) is 6.07 Å². The van der Waals surface area contributed by atoms with Crippen LogP contribution in [0.3, 0.4) is 0 Å². The highest BCUT2D eigenvalue weighted by Crippen LogP contribution is 2.43. The van der Waals surface area contributed by atoms with Crippen LogP contribution in [0, 0.1) is 0 Å². The second-order valence-electron chi connectivity index (χ2n) is 4.33. The number of nitrogens with zero attached hydrogens (tertiary/aromatic N) is 1. The van der Waals surface area contributed by atoms with Crippen molar-refractivity contribution in [2.75, 3.05) is 37.7 Å². The number of hydrogen-bond acceptors (Lipinski definition) is 4. The summed E-state index contributed by atoms with van der Waals surface area (Å²) in [6, 6.07) is 3.67. The predicted molar refractivity (Wildman–Crippen MR) is 72.3 cm³/mol. The molecule has 0 aromatic heterocycles. The molecule has 1 aromatic rings. The number of ether oxygens (including phenoxy) is 2. The highest BCUT2D eigenvalue weighted by molar-refractivity contribution is 6.31. The van der Waals surface area contributed by atoms with E-state index in [1.165, 1.54) is 0 Å². The molecule has 0 bridgehead atoms. The molecule has 6 heteroatoms. The summed E-state index contributed by atoms with van der Waals surface area (Å²) < 4.78 is 11.3. The largest absolute Gasteiger partial charge is 0.482 e. The molecular formula is C12H14Cl2N2O2. The van der Waals surface area contributed by atoms with Crippen LogP contribution in [0.1, 0.15) is 0 Å². The van der Waals surface area contributed by atoms with Gasteiger partial charge in [-0.15, -0.1) is 0 Å². The number of anilines is 1. The average Bonchev–Trinajstić information content (AvgIpc) is 2.38. The Morgan fingerprint density at radius 1 is 1.28 bits per heavy atom. The van der Waals surface area contributed by atoms with E-state index >= 15 is 0 Å². The van der Waals surface area contributed by atoms with Crippen LogP contribution in [0.4, 0.5) is 5.69 Å². The fraction of sp³-hybridized carbons (Fsp3) is 0.500. The van der Waals surface area contributed by atoms with E-state index in [-0.39, 0.29) is 0 Å². The van der Waals surface area contributed by atoms with Crippen LogP contribution in [0.25, 0.3) is 0 Å². The summed E-state index contributed by atoms with van der Waals surface area (Å²) in [4.78, 5) is 2.25. The van der Waals surface area contributed by atoms with Crippen molar-refractivity contribution >= 4 is 28.9 Å². The molecule has 18 heavy (non-hydrogen) atoms. The Kier molecular flexibility index (Phi) is 3.41. The fourth-order valence-corrected chi connectivity index (χ4v) is 2.61. The summed E-state index contributed by atoms with van der Waals surface area (Å²) in [5, 5.41) is 3.95. The van der Waals surface area contributed by atoms with Gasteiger partial charge in [0, 0.05) is 37.3 Å². The molecule has 98 valence electrons. The Labute approximate surface area is 116 Å². The summed E-state index contributed by atoms with van der Waals surface area (Å²) in [5.74, 6) is 1.38. The van der Waals surface area contributed by atoms with Crippen LogP contribution < -0.4 is 19.7 Å². The molecule has 1 fully saturated rings. The van der Waals surface area contributed by atoms with Crippen LogP contribution in [0.5, 0.6) is 11.5 Å². The van der Waals surface area contributed by atoms with Gasteiger partial charge in [-0.1, -0.05) is 23.2 Å². The third-order valence-corrected chi connectivity index (χ3v) is 3.50. The van der Waals surface area contributed by atoms with E-state index in [9.17, 15) is 0 Å². The third kappa shape index (κ3) is 2.32. The summed E-state index contributed by atoms with van der Waals surface area (Å²) in [7, 11) is 0. The zero-order valence-corrected chi connectivity index (χ0v) is 11.3. The minimum absolute atomic E-state index is 0.356. The maximum absolute atomic E-state index is 6.13. The number of alkyl halides is 1. The lowest BCUT2D eigenvalue weighted by molar-refractivity contribution is 0.144. The van der Waals surface area contributed by atoms with Gasteiger partial charge in [0.25, 0.3) is 0 Å². The second-order valence-corrected chi connectivity index (χ2v) is 5.25. The van der Waals surface area contributed by atoms with Crippen molar-refractivity contribution in [3.63, 3.8) is 0 Å². The summed E-state index contributed by atoms with van der Waals surface area (Å²) in [6.07, 6.45) is 0. The number of rotatable bonds is 1. The number of benzene rings is 1. The molecule has 2 aliphatic heterocycles. The van der Waals surface area contributed by atoms with Crippen molar-refractivity contribution in [2.24, 2.45) is 0 Å². The van der Waals surface area contributed by atoms with Crippen molar-refractivity contribution < 1.29 is 9.47 Å². The minimum Gasteiger partial charge on any atom is -0.482 e. The smallest absolute Gasteiger partial charge is 0.206 e. The van der Waals surface area contributed by atoms with Crippen LogP contribution >= 0.6 is 23.2 Å². The number of fused-ring (bicyclic) bond motifs is 1. The van der Waals surface area contributed by atoms with E-state index in [0.29, 0.717) is 17.4 Å². The van der Waals surface area contributed by atoms with E-state index < -0.39 is 5.56 Å². The quantitative estimate of drug-likeness (QED) is 0.803. The van der Waals surface area contributed by atoms with E-state index in [0.717, 1.165) is 37.6 Å². The molecule has 0 spiro atoms. The van der Waals surface area contributed by atoms with Crippen molar-refractivity contribution in [3.8, 4) is 11.5 Å². The Balaban J connectivity index is 1.97. The van der Waals surface area contributed by atoms with Gasteiger partial charge in [-0.25, -0.2) is 0 Å². The molecule has 0 aliphatic carbocycles. The Morgan fingerprint density at radius 3 is 2.83 bits per heavy atom. The Hall–Kier alpha value is -0.840. The number of hydrogen-bond donors (Lipinski definition) is 1. The molecule has 4 nitrogen and oxygen atoms in total. The third-order valence-electron chi connectivity index (χ3n) is 3.07. The zero-order chi connectivity index (χ0) is 12.5. The molecule has 1 N–H and O–H groups in total. The van der Waals surface area contributed by atoms with Crippen LogP contribution in [0.2, 0.25) is 5.02 Å². The van der Waals surface area contributed by atoms with E-state index in [2.05, 4.69) is 10.2 Å². The lowest BCUT2D eigenvalue weighted by Crippen LogP contribution is -2.43. The first-order chi connectivity index (χ1) is 8.74. The van der Waals surface area contributed by atoms with Crippen molar-refractivity contribution in [1.82, 2.24) is 5.32 Å². The van der Waals surface area contributed by atoms with Crippen LogP contribution in [-0.2, 0) is 0 Å². The summed E-state index contributed by atoms with van der Waals surface area (Å²) in [6.45, 7) is 4.14. The standard InChI is InChI=1S/C12H14Cl2N2O2/c13-8-5-9(16-3-1-15-2-4-16)12-10(6-8)18-11(14)7-17-12/h5-6,11,15H,1-4,7H2. The molecule has 3 rings (SSSR count). The lowest BCUT2D eigenvalue weighted by Gasteiger charge is -2.33. The molecule has 1 aromatic carbocycles. The monoisotopic (exact) mass is 288 g/mol. The summed E-state index contributed by atoms with van der Waals surface area (Å²) in [5.41, 5.74) is 0.536. The molecule has 0 amide bonds. The molecule has 0 radical (unpaired) electrons.